The largest absolute Gasteiger partial charge is 0.326 e. The van der Waals surface area contributed by atoms with Gasteiger partial charge in [-0.3, -0.25) is 0 Å². The highest BCUT2D eigenvalue weighted by atomic mass is 15.0. The Labute approximate surface area is 130 Å². The van der Waals surface area contributed by atoms with Gasteiger partial charge in [0.1, 0.15) is 0 Å². The van der Waals surface area contributed by atoms with Crippen molar-refractivity contribution < 1.29 is 0 Å². The summed E-state index contributed by atoms with van der Waals surface area (Å²) in [6.45, 7) is 5.14. The highest BCUT2D eigenvalue weighted by Crippen LogP contribution is 2.21. The van der Waals surface area contributed by atoms with Gasteiger partial charge in [-0.1, -0.05) is 36.4 Å². The summed E-state index contributed by atoms with van der Waals surface area (Å²) >= 11 is 0. The molecule has 22 heavy (non-hydrogen) atoms. The molecule has 0 spiro atoms. The minimum atomic E-state index is 0.851. The summed E-state index contributed by atoms with van der Waals surface area (Å²) < 4.78 is 2.23. The van der Waals surface area contributed by atoms with Crippen LogP contribution in [-0.2, 0) is 6.54 Å². The molecule has 0 aliphatic rings. The first-order chi connectivity index (χ1) is 10.7. The Morgan fingerprint density at radius 3 is 2.50 bits per heavy atom. The van der Waals surface area contributed by atoms with E-state index in [0.29, 0.717) is 0 Å². The Bertz CT molecular complexity index is 980. The van der Waals surface area contributed by atoms with Crippen LogP contribution in [0, 0.1) is 13.8 Å². The van der Waals surface area contributed by atoms with E-state index >= 15 is 0 Å². The number of hydrogen-bond acceptors (Lipinski definition) is 1. The number of fused-ring (bicyclic) bond motifs is 2. The molecule has 0 fully saturated rings. The number of aryl methyl sites for hydroxylation is 2. The van der Waals surface area contributed by atoms with Gasteiger partial charge in [-0.25, -0.2) is 4.98 Å². The summed E-state index contributed by atoms with van der Waals surface area (Å²) in [5.41, 5.74) is 6.19. The molecule has 0 unspecified atom stereocenters. The predicted octanol–water partition coefficient (Wildman–Crippen LogP) is 4.85. The lowest BCUT2D eigenvalue weighted by molar-refractivity contribution is 0.825. The molecule has 108 valence electrons. The fourth-order valence-corrected chi connectivity index (χ4v) is 2.97. The van der Waals surface area contributed by atoms with E-state index < -0.39 is 0 Å². The van der Waals surface area contributed by atoms with Crippen LogP contribution in [-0.4, -0.2) is 9.55 Å². The van der Waals surface area contributed by atoms with Crippen molar-refractivity contribution in [1.82, 2.24) is 9.55 Å². The van der Waals surface area contributed by atoms with Crippen molar-refractivity contribution in [2.75, 3.05) is 0 Å². The molecule has 0 radical (unpaired) electrons. The number of rotatable bonds is 2. The van der Waals surface area contributed by atoms with Crippen molar-refractivity contribution in [2.45, 2.75) is 20.4 Å². The molecule has 2 heteroatoms. The molecular weight excluding hydrogens is 268 g/mol. The second-order valence-electron chi connectivity index (χ2n) is 5.98. The first-order valence-electron chi connectivity index (χ1n) is 7.60. The highest BCUT2D eigenvalue weighted by molar-refractivity contribution is 5.83. The standard InChI is InChI=1S/C20H18N2/c1-14-9-19-20(10-15(14)2)22(13-21-19)12-16-7-8-17-5-3-4-6-18(17)11-16/h3-11,13H,12H2,1-2H3. The summed E-state index contributed by atoms with van der Waals surface area (Å²) in [5, 5.41) is 2.57. The molecule has 3 aromatic carbocycles. The van der Waals surface area contributed by atoms with Crippen molar-refractivity contribution in [2.24, 2.45) is 0 Å². The lowest BCUT2D eigenvalue weighted by Gasteiger charge is -2.07. The third kappa shape index (κ3) is 2.17. The number of benzene rings is 3. The molecule has 0 saturated heterocycles. The normalized spacial score (nSPS) is 11.4. The van der Waals surface area contributed by atoms with Gasteiger partial charge in [0.2, 0.25) is 0 Å². The van der Waals surface area contributed by atoms with Crippen LogP contribution >= 0.6 is 0 Å². The number of hydrogen-bond donors (Lipinski definition) is 0. The molecule has 0 amide bonds. The molecule has 0 aliphatic heterocycles. The maximum absolute atomic E-state index is 4.54. The molecule has 0 bridgehead atoms. The smallest absolute Gasteiger partial charge is 0.0961 e. The van der Waals surface area contributed by atoms with Gasteiger partial charge in [0.15, 0.2) is 0 Å². The van der Waals surface area contributed by atoms with Crippen molar-refractivity contribution >= 4 is 21.8 Å². The SMILES string of the molecule is Cc1cc2ncn(Cc3ccc4ccccc4c3)c2cc1C. The Morgan fingerprint density at radius 1 is 0.864 bits per heavy atom. The Morgan fingerprint density at radius 2 is 1.64 bits per heavy atom. The molecule has 2 nitrogen and oxygen atoms in total. The molecule has 0 aliphatic carbocycles. The van der Waals surface area contributed by atoms with Crippen LogP contribution in [0.2, 0.25) is 0 Å². The molecule has 4 aromatic rings. The molecule has 0 N–H and O–H groups in total. The predicted molar refractivity (Wildman–Crippen MR) is 92.3 cm³/mol. The van der Waals surface area contributed by atoms with Crippen LogP contribution in [0.5, 0.6) is 0 Å². The zero-order valence-electron chi connectivity index (χ0n) is 12.9. The van der Waals surface area contributed by atoms with E-state index in [1.807, 2.05) is 6.33 Å². The van der Waals surface area contributed by atoms with Crippen molar-refractivity contribution in [3.8, 4) is 0 Å². The van der Waals surface area contributed by atoms with E-state index in [2.05, 4.69) is 78.0 Å². The maximum atomic E-state index is 4.54. The fourth-order valence-electron chi connectivity index (χ4n) is 2.97. The van der Waals surface area contributed by atoms with Gasteiger partial charge in [0.25, 0.3) is 0 Å². The average Bonchev–Trinajstić information content (AvgIpc) is 2.90. The monoisotopic (exact) mass is 286 g/mol. The van der Waals surface area contributed by atoms with Crippen LogP contribution in [0.15, 0.2) is 60.9 Å². The minimum Gasteiger partial charge on any atom is -0.326 e. The van der Waals surface area contributed by atoms with E-state index in [9.17, 15) is 0 Å². The highest BCUT2D eigenvalue weighted by Gasteiger charge is 2.06. The van der Waals surface area contributed by atoms with Crippen LogP contribution in [0.25, 0.3) is 21.8 Å². The van der Waals surface area contributed by atoms with E-state index in [0.717, 1.165) is 12.1 Å². The second kappa shape index (κ2) is 4.99. The lowest BCUT2D eigenvalue weighted by atomic mass is 10.1. The Balaban J connectivity index is 1.77. The summed E-state index contributed by atoms with van der Waals surface area (Å²) in [5.74, 6) is 0. The second-order valence-corrected chi connectivity index (χ2v) is 5.98. The minimum absolute atomic E-state index is 0.851. The number of imidazole rings is 1. The number of aromatic nitrogens is 2. The zero-order chi connectivity index (χ0) is 15.1. The average molecular weight is 286 g/mol. The molecule has 1 heterocycles. The van der Waals surface area contributed by atoms with Gasteiger partial charge in [-0.2, -0.15) is 0 Å². The maximum Gasteiger partial charge on any atom is 0.0961 e. The topological polar surface area (TPSA) is 17.8 Å². The van der Waals surface area contributed by atoms with Crippen molar-refractivity contribution in [3.05, 3.63) is 77.6 Å². The van der Waals surface area contributed by atoms with Gasteiger partial charge in [-0.15, -0.1) is 0 Å². The lowest BCUT2D eigenvalue weighted by Crippen LogP contribution is -1.98. The molecular formula is C20H18N2. The summed E-state index contributed by atoms with van der Waals surface area (Å²) in [6, 6.07) is 19.6. The van der Waals surface area contributed by atoms with E-state index in [1.54, 1.807) is 0 Å². The van der Waals surface area contributed by atoms with Crippen LogP contribution in [0.3, 0.4) is 0 Å². The van der Waals surface area contributed by atoms with Gasteiger partial charge in [0.05, 0.1) is 17.4 Å². The van der Waals surface area contributed by atoms with Crippen molar-refractivity contribution in [3.63, 3.8) is 0 Å². The van der Waals surface area contributed by atoms with E-state index in [-0.39, 0.29) is 0 Å². The Hall–Kier alpha value is -2.61. The van der Waals surface area contributed by atoms with Gasteiger partial charge < -0.3 is 4.57 Å². The van der Waals surface area contributed by atoms with Crippen LogP contribution in [0.4, 0.5) is 0 Å². The first-order valence-corrected chi connectivity index (χ1v) is 7.60. The summed E-state index contributed by atoms with van der Waals surface area (Å²) in [7, 11) is 0. The third-order valence-electron chi connectivity index (χ3n) is 4.40. The summed E-state index contributed by atoms with van der Waals surface area (Å²) in [6.07, 6.45) is 1.94. The third-order valence-corrected chi connectivity index (χ3v) is 4.40. The van der Waals surface area contributed by atoms with Gasteiger partial charge in [0, 0.05) is 6.54 Å². The zero-order valence-corrected chi connectivity index (χ0v) is 12.9. The molecule has 0 saturated carbocycles. The fraction of sp³-hybridized carbons (Fsp3) is 0.150. The molecule has 4 rings (SSSR count). The quantitative estimate of drug-likeness (QED) is 0.515. The molecule has 1 aromatic heterocycles. The van der Waals surface area contributed by atoms with E-state index in [4.69, 9.17) is 0 Å². The van der Waals surface area contributed by atoms with Gasteiger partial charge >= 0.3 is 0 Å². The van der Waals surface area contributed by atoms with Gasteiger partial charge in [-0.05, 0) is 59.5 Å². The summed E-state index contributed by atoms with van der Waals surface area (Å²) in [4.78, 5) is 4.54. The Kier molecular flexibility index (Phi) is 2.97. The first kappa shape index (κ1) is 13.1. The van der Waals surface area contributed by atoms with E-state index in [1.165, 1.54) is 33.0 Å². The van der Waals surface area contributed by atoms with Crippen molar-refractivity contribution in [1.29, 1.82) is 0 Å². The molecule has 0 atom stereocenters. The number of nitrogens with zero attached hydrogens (tertiary/aromatic N) is 2. The van der Waals surface area contributed by atoms with Crippen LogP contribution < -0.4 is 0 Å². The van der Waals surface area contributed by atoms with Crippen LogP contribution in [0.1, 0.15) is 16.7 Å².